The number of hydrogen-bond donors (Lipinski definition) is 1. The number of aryl methyl sites for hydroxylation is 1. The Balaban J connectivity index is 1.45. The molecule has 0 radical (unpaired) electrons. The standard InChI is InChI=1S/C29H26N2/c1-2-10-21(11-3-1)18-19-22-20-29(25-14-4-7-15-26(25)30-22)31-27-16-8-5-12-23(27)24-13-6-9-17-28(24)31/h1-17,22,29-30H,18-20H2. The quantitative estimate of drug-likeness (QED) is 0.336. The third-order valence-electron chi connectivity index (χ3n) is 6.74. The van der Waals surface area contributed by atoms with Crippen LogP contribution in [-0.2, 0) is 6.42 Å². The molecule has 0 saturated carbocycles. The van der Waals surface area contributed by atoms with E-state index in [-0.39, 0.29) is 0 Å². The molecule has 0 bridgehead atoms. The van der Waals surface area contributed by atoms with E-state index >= 15 is 0 Å². The van der Waals surface area contributed by atoms with Crippen LogP contribution < -0.4 is 5.32 Å². The number of para-hydroxylation sites is 3. The van der Waals surface area contributed by atoms with Crippen LogP contribution in [0.3, 0.4) is 0 Å². The zero-order valence-electron chi connectivity index (χ0n) is 17.5. The van der Waals surface area contributed by atoms with E-state index in [1.807, 2.05) is 0 Å². The lowest BCUT2D eigenvalue weighted by molar-refractivity contribution is 0.475. The van der Waals surface area contributed by atoms with Gasteiger partial charge in [-0.2, -0.15) is 0 Å². The highest BCUT2D eigenvalue weighted by atomic mass is 15.1. The van der Waals surface area contributed by atoms with Crippen molar-refractivity contribution in [2.24, 2.45) is 0 Å². The van der Waals surface area contributed by atoms with Crippen LogP contribution in [0.1, 0.15) is 30.0 Å². The first-order valence-corrected chi connectivity index (χ1v) is 11.3. The van der Waals surface area contributed by atoms with Gasteiger partial charge in [0.2, 0.25) is 0 Å². The summed E-state index contributed by atoms with van der Waals surface area (Å²) in [5.74, 6) is 0. The van der Waals surface area contributed by atoms with Crippen LogP contribution in [0.4, 0.5) is 5.69 Å². The van der Waals surface area contributed by atoms with Crippen LogP contribution in [0.15, 0.2) is 103 Å². The number of nitrogens with zero attached hydrogens (tertiary/aromatic N) is 1. The maximum absolute atomic E-state index is 3.84. The predicted molar refractivity (Wildman–Crippen MR) is 131 cm³/mol. The first kappa shape index (κ1) is 18.3. The molecule has 152 valence electrons. The molecule has 5 aromatic rings. The maximum atomic E-state index is 3.84. The predicted octanol–water partition coefficient (Wildman–Crippen LogP) is 7.20. The van der Waals surface area contributed by atoms with Crippen molar-refractivity contribution in [2.45, 2.75) is 31.3 Å². The number of rotatable bonds is 4. The summed E-state index contributed by atoms with van der Waals surface area (Å²) in [6, 6.07) is 38.2. The van der Waals surface area contributed by atoms with Gasteiger partial charge in [-0.1, -0.05) is 84.9 Å². The molecular formula is C29H26N2. The van der Waals surface area contributed by atoms with E-state index < -0.39 is 0 Å². The molecule has 0 saturated heterocycles. The maximum Gasteiger partial charge on any atom is 0.0631 e. The monoisotopic (exact) mass is 402 g/mol. The molecule has 4 aromatic carbocycles. The van der Waals surface area contributed by atoms with Crippen LogP contribution in [0.5, 0.6) is 0 Å². The SMILES string of the molecule is c1ccc(CCC2CC(n3c4ccccc4c4ccccc43)c3ccccc3N2)cc1. The second-order valence-electron chi connectivity index (χ2n) is 8.61. The van der Waals surface area contributed by atoms with Crippen molar-refractivity contribution in [3.63, 3.8) is 0 Å². The molecule has 1 aliphatic rings. The lowest BCUT2D eigenvalue weighted by Gasteiger charge is -2.35. The van der Waals surface area contributed by atoms with Crippen LogP contribution in [0.2, 0.25) is 0 Å². The van der Waals surface area contributed by atoms with Crippen molar-refractivity contribution in [1.29, 1.82) is 0 Å². The summed E-state index contributed by atoms with van der Waals surface area (Å²) < 4.78 is 2.58. The van der Waals surface area contributed by atoms with Crippen molar-refractivity contribution >= 4 is 27.5 Å². The van der Waals surface area contributed by atoms with Crippen molar-refractivity contribution in [3.8, 4) is 0 Å². The first-order chi connectivity index (χ1) is 15.4. The van der Waals surface area contributed by atoms with Crippen molar-refractivity contribution < 1.29 is 0 Å². The lowest BCUT2D eigenvalue weighted by atomic mass is 9.89. The Hall–Kier alpha value is -3.52. The highest BCUT2D eigenvalue weighted by Gasteiger charge is 2.29. The normalized spacial score (nSPS) is 18.1. The molecule has 2 atom stereocenters. The Morgan fingerprint density at radius 1 is 0.677 bits per heavy atom. The second-order valence-corrected chi connectivity index (χ2v) is 8.61. The van der Waals surface area contributed by atoms with Gasteiger partial charge in [0.05, 0.1) is 6.04 Å². The Morgan fingerprint density at radius 3 is 2.03 bits per heavy atom. The summed E-state index contributed by atoms with van der Waals surface area (Å²) in [7, 11) is 0. The van der Waals surface area contributed by atoms with E-state index in [9.17, 15) is 0 Å². The van der Waals surface area contributed by atoms with Gasteiger partial charge < -0.3 is 9.88 Å². The van der Waals surface area contributed by atoms with Crippen LogP contribution in [0.25, 0.3) is 21.8 Å². The van der Waals surface area contributed by atoms with Crippen molar-refractivity contribution in [3.05, 3.63) is 114 Å². The van der Waals surface area contributed by atoms with Crippen molar-refractivity contribution in [1.82, 2.24) is 4.57 Å². The Morgan fingerprint density at radius 2 is 1.29 bits per heavy atom. The summed E-state index contributed by atoms with van der Waals surface area (Å²) in [6.07, 6.45) is 3.32. The lowest BCUT2D eigenvalue weighted by Crippen LogP contribution is -2.31. The molecule has 0 spiro atoms. The molecule has 1 N–H and O–H groups in total. The molecular weight excluding hydrogens is 376 g/mol. The number of fused-ring (bicyclic) bond motifs is 4. The zero-order valence-corrected chi connectivity index (χ0v) is 17.5. The molecule has 31 heavy (non-hydrogen) atoms. The van der Waals surface area contributed by atoms with Gasteiger partial charge in [-0.05, 0) is 48.6 Å². The molecule has 0 aliphatic carbocycles. The first-order valence-electron chi connectivity index (χ1n) is 11.3. The molecule has 0 fully saturated rings. The van der Waals surface area contributed by atoms with Crippen LogP contribution in [0, 0.1) is 0 Å². The fourth-order valence-electron chi connectivity index (χ4n) is 5.30. The Labute approximate surface area is 183 Å². The van der Waals surface area contributed by atoms with Gasteiger partial charge in [0, 0.05) is 33.5 Å². The molecule has 1 aliphatic heterocycles. The number of nitrogens with one attached hydrogen (secondary N) is 1. The molecule has 0 amide bonds. The van der Waals surface area contributed by atoms with E-state index in [0.29, 0.717) is 12.1 Å². The summed E-state index contributed by atoms with van der Waals surface area (Å²) in [6.45, 7) is 0. The summed E-state index contributed by atoms with van der Waals surface area (Å²) in [5, 5.41) is 6.53. The van der Waals surface area contributed by atoms with E-state index in [1.165, 1.54) is 38.6 Å². The Bertz CT molecular complexity index is 1300. The number of hydrogen-bond acceptors (Lipinski definition) is 1. The molecule has 6 rings (SSSR count). The van der Waals surface area contributed by atoms with Gasteiger partial charge >= 0.3 is 0 Å². The van der Waals surface area contributed by atoms with Gasteiger partial charge in [-0.3, -0.25) is 0 Å². The minimum atomic E-state index is 0.322. The third kappa shape index (κ3) is 3.19. The molecule has 1 aromatic heterocycles. The van der Waals surface area contributed by atoms with Gasteiger partial charge in [-0.25, -0.2) is 0 Å². The molecule has 2 unspecified atom stereocenters. The molecule has 2 nitrogen and oxygen atoms in total. The number of aromatic nitrogens is 1. The highest BCUT2D eigenvalue weighted by molar-refractivity contribution is 6.08. The molecule has 2 heterocycles. The van der Waals surface area contributed by atoms with E-state index in [1.54, 1.807) is 0 Å². The van der Waals surface area contributed by atoms with Crippen LogP contribution >= 0.6 is 0 Å². The molecule has 2 heteroatoms. The van der Waals surface area contributed by atoms with Crippen LogP contribution in [-0.4, -0.2) is 10.6 Å². The minimum absolute atomic E-state index is 0.322. The fourth-order valence-corrected chi connectivity index (χ4v) is 5.30. The van der Waals surface area contributed by atoms with E-state index in [0.717, 1.165) is 19.3 Å². The largest absolute Gasteiger partial charge is 0.382 e. The smallest absolute Gasteiger partial charge is 0.0631 e. The highest BCUT2D eigenvalue weighted by Crippen LogP contribution is 2.41. The number of anilines is 1. The fraction of sp³-hybridized carbons (Fsp3) is 0.172. The van der Waals surface area contributed by atoms with Gasteiger partial charge in [-0.15, -0.1) is 0 Å². The van der Waals surface area contributed by atoms with E-state index in [2.05, 4.69) is 113 Å². The zero-order chi connectivity index (χ0) is 20.6. The summed E-state index contributed by atoms with van der Waals surface area (Å²) in [5.41, 5.74) is 6.74. The average molecular weight is 403 g/mol. The average Bonchev–Trinajstić information content (AvgIpc) is 3.17. The van der Waals surface area contributed by atoms with Crippen molar-refractivity contribution in [2.75, 3.05) is 5.32 Å². The summed E-state index contributed by atoms with van der Waals surface area (Å²) >= 11 is 0. The van der Waals surface area contributed by atoms with Gasteiger partial charge in [0.15, 0.2) is 0 Å². The summed E-state index contributed by atoms with van der Waals surface area (Å²) in [4.78, 5) is 0. The van der Waals surface area contributed by atoms with Gasteiger partial charge in [0.25, 0.3) is 0 Å². The second kappa shape index (κ2) is 7.63. The number of benzene rings is 4. The van der Waals surface area contributed by atoms with E-state index in [4.69, 9.17) is 0 Å². The third-order valence-corrected chi connectivity index (χ3v) is 6.74. The minimum Gasteiger partial charge on any atom is -0.382 e. The topological polar surface area (TPSA) is 17.0 Å². The Kier molecular flexibility index (Phi) is 4.49. The van der Waals surface area contributed by atoms with Gasteiger partial charge in [0.1, 0.15) is 0 Å².